The van der Waals surface area contributed by atoms with Gasteiger partial charge in [0.1, 0.15) is 5.75 Å². The SMILES string of the molecule is O=C(O)C(=O)O.OCc1cccc(Oc2ccc(CC(CO)NCC(O)c3cccc(Cl)c3)cc2)n1. The first-order valence-corrected chi connectivity index (χ1v) is 11.2. The number of aromatic nitrogens is 1. The molecule has 0 fully saturated rings. The normalized spacial score (nSPS) is 12.1. The Hall–Kier alpha value is -3.54. The summed E-state index contributed by atoms with van der Waals surface area (Å²) in [6.07, 6.45) is -0.118. The Balaban J connectivity index is 0.000000678. The number of pyridine rings is 1. The van der Waals surface area contributed by atoms with Gasteiger partial charge in [0.15, 0.2) is 0 Å². The Labute approximate surface area is 212 Å². The third-order valence-electron chi connectivity index (χ3n) is 4.81. The van der Waals surface area contributed by atoms with E-state index in [-0.39, 0.29) is 19.3 Å². The molecule has 0 aliphatic rings. The number of nitrogens with zero attached hydrogens (tertiary/aromatic N) is 1. The summed E-state index contributed by atoms with van der Waals surface area (Å²) in [5.41, 5.74) is 2.29. The number of benzene rings is 2. The van der Waals surface area contributed by atoms with Crippen LogP contribution >= 0.6 is 11.6 Å². The Bertz CT molecular complexity index is 1120. The molecule has 10 nitrogen and oxygen atoms in total. The molecule has 1 heterocycles. The average molecular weight is 519 g/mol. The van der Waals surface area contributed by atoms with E-state index in [1.807, 2.05) is 30.3 Å². The number of hydrogen-bond acceptors (Lipinski definition) is 8. The van der Waals surface area contributed by atoms with Gasteiger partial charge in [0, 0.05) is 23.7 Å². The second-order valence-corrected chi connectivity index (χ2v) is 7.98. The summed E-state index contributed by atoms with van der Waals surface area (Å²) in [5.74, 6) is -2.60. The monoisotopic (exact) mass is 518 g/mol. The zero-order valence-electron chi connectivity index (χ0n) is 19.1. The van der Waals surface area contributed by atoms with Crippen molar-refractivity contribution >= 4 is 23.5 Å². The van der Waals surface area contributed by atoms with E-state index in [1.165, 1.54) is 0 Å². The highest BCUT2D eigenvalue weighted by molar-refractivity contribution is 6.30. The first kappa shape index (κ1) is 28.7. The molecule has 0 saturated carbocycles. The molecule has 11 heteroatoms. The number of aliphatic hydroxyl groups excluding tert-OH is 3. The van der Waals surface area contributed by atoms with E-state index in [9.17, 15) is 10.2 Å². The largest absolute Gasteiger partial charge is 0.473 e. The van der Waals surface area contributed by atoms with Crippen LogP contribution in [0.5, 0.6) is 11.6 Å². The van der Waals surface area contributed by atoms with Gasteiger partial charge >= 0.3 is 11.9 Å². The molecular formula is C25H27ClN2O8. The molecule has 1 aromatic heterocycles. The zero-order chi connectivity index (χ0) is 26.5. The van der Waals surface area contributed by atoms with Crippen LogP contribution in [0.2, 0.25) is 5.02 Å². The number of hydrogen-bond donors (Lipinski definition) is 6. The lowest BCUT2D eigenvalue weighted by Gasteiger charge is -2.19. The minimum Gasteiger partial charge on any atom is -0.473 e. The number of carbonyl (C=O) groups is 2. The number of ether oxygens (including phenoxy) is 1. The summed E-state index contributed by atoms with van der Waals surface area (Å²) in [6.45, 7) is 0.107. The smallest absolute Gasteiger partial charge is 0.414 e. The maximum absolute atomic E-state index is 10.3. The summed E-state index contributed by atoms with van der Waals surface area (Å²) >= 11 is 5.97. The molecule has 3 aromatic rings. The first-order chi connectivity index (χ1) is 17.2. The van der Waals surface area contributed by atoms with Crippen molar-refractivity contribution in [2.24, 2.45) is 0 Å². The number of rotatable bonds is 10. The highest BCUT2D eigenvalue weighted by atomic mass is 35.5. The van der Waals surface area contributed by atoms with Gasteiger partial charge in [-0.1, -0.05) is 41.9 Å². The third-order valence-corrected chi connectivity index (χ3v) is 5.04. The molecule has 0 saturated heterocycles. The number of aliphatic hydroxyl groups is 3. The van der Waals surface area contributed by atoms with Crippen LogP contribution in [-0.4, -0.2) is 61.6 Å². The highest BCUT2D eigenvalue weighted by Gasteiger charge is 2.13. The lowest BCUT2D eigenvalue weighted by Crippen LogP contribution is -2.37. The third kappa shape index (κ3) is 9.98. The van der Waals surface area contributed by atoms with E-state index in [1.54, 1.807) is 36.4 Å². The van der Waals surface area contributed by atoms with Crippen molar-refractivity contribution in [3.63, 3.8) is 0 Å². The summed E-state index contributed by atoms with van der Waals surface area (Å²) in [7, 11) is 0. The van der Waals surface area contributed by atoms with Gasteiger partial charge in [-0.05, 0) is 47.9 Å². The summed E-state index contributed by atoms with van der Waals surface area (Å²) in [6, 6.07) is 19.6. The zero-order valence-corrected chi connectivity index (χ0v) is 19.9. The molecular weight excluding hydrogens is 492 g/mol. The van der Waals surface area contributed by atoms with Gasteiger partial charge in [-0.2, -0.15) is 0 Å². The lowest BCUT2D eigenvalue weighted by atomic mass is 10.1. The van der Waals surface area contributed by atoms with Gasteiger partial charge in [-0.25, -0.2) is 14.6 Å². The van der Waals surface area contributed by atoms with Crippen LogP contribution in [0.15, 0.2) is 66.7 Å². The highest BCUT2D eigenvalue weighted by Crippen LogP contribution is 2.21. The molecule has 2 atom stereocenters. The van der Waals surface area contributed by atoms with E-state index in [4.69, 9.17) is 41.2 Å². The molecule has 0 amide bonds. The van der Waals surface area contributed by atoms with Gasteiger partial charge in [-0.3, -0.25) is 0 Å². The minimum absolute atomic E-state index is 0.0572. The average Bonchev–Trinajstić information content (AvgIpc) is 2.87. The van der Waals surface area contributed by atoms with Crippen LogP contribution in [-0.2, 0) is 22.6 Å². The fourth-order valence-electron chi connectivity index (χ4n) is 3.01. The molecule has 0 aliphatic heterocycles. The number of aliphatic carboxylic acids is 2. The van der Waals surface area contributed by atoms with Crippen LogP contribution in [0, 0.1) is 0 Å². The second kappa shape index (κ2) is 14.8. The molecule has 0 radical (unpaired) electrons. The maximum Gasteiger partial charge on any atom is 0.414 e. The molecule has 36 heavy (non-hydrogen) atoms. The first-order valence-electron chi connectivity index (χ1n) is 10.8. The molecule has 0 bridgehead atoms. The van der Waals surface area contributed by atoms with E-state index in [0.717, 1.165) is 11.1 Å². The van der Waals surface area contributed by atoms with Crippen LogP contribution in [0.1, 0.15) is 22.9 Å². The van der Waals surface area contributed by atoms with Crippen molar-refractivity contribution < 1.29 is 39.9 Å². The fraction of sp³-hybridized carbons (Fsp3) is 0.240. The molecule has 2 unspecified atom stereocenters. The fourth-order valence-corrected chi connectivity index (χ4v) is 3.21. The summed E-state index contributed by atoms with van der Waals surface area (Å²) in [5, 5.41) is 47.7. The van der Waals surface area contributed by atoms with Crippen molar-refractivity contribution in [3.8, 4) is 11.6 Å². The van der Waals surface area contributed by atoms with Crippen LogP contribution in [0.4, 0.5) is 0 Å². The quantitative estimate of drug-likeness (QED) is 0.219. The molecule has 0 spiro atoms. The van der Waals surface area contributed by atoms with E-state index < -0.39 is 18.0 Å². The standard InChI is InChI=1S/C23H25ClN2O4.C2H2O4/c24-18-4-1-3-17(12-18)22(29)13-25-20(15-28)11-16-7-9-21(10-8-16)30-23-6-2-5-19(14-27)26-23;3-1(4)2(5)6/h1-10,12,20,22,25,27-29H,11,13-15H2;(H,3,4)(H,5,6). The van der Waals surface area contributed by atoms with Crippen LogP contribution < -0.4 is 10.1 Å². The number of carboxylic acid groups (broad SMARTS) is 2. The molecule has 6 N–H and O–H groups in total. The van der Waals surface area contributed by atoms with Crippen LogP contribution in [0.3, 0.4) is 0 Å². The second-order valence-electron chi connectivity index (χ2n) is 7.54. The Morgan fingerprint density at radius 1 is 0.972 bits per heavy atom. The lowest BCUT2D eigenvalue weighted by molar-refractivity contribution is -0.159. The van der Waals surface area contributed by atoms with Gasteiger partial charge in [0.25, 0.3) is 0 Å². The number of carboxylic acids is 2. The molecule has 192 valence electrons. The maximum atomic E-state index is 10.3. The molecule has 0 aliphatic carbocycles. The number of halogens is 1. The van der Waals surface area contributed by atoms with Crippen molar-refractivity contribution in [1.82, 2.24) is 10.3 Å². The number of nitrogens with one attached hydrogen (secondary N) is 1. The van der Waals surface area contributed by atoms with Crippen molar-refractivity contribution in [2.45, 2.75) is 25.2 Å². The van der Waals surface area contributed by atoms with Crippen molar-refractivity contribution in [3.05, 3.63) is 88.6 Å². The summed E-state index contributed by atoms with van der Waals surface area (Å²) in [4.78, 5) is 22.4. The summed E-state index contributed by atoms with van der Waals surface area (Å²) < 4.78 is 5.71. The molecule has 3 rings (SSSR count). The van der Waals surface area contributed by atoms with Gasteiger partial charge < -0.3 is 35.6 Å². The van der Waals surface area contributed by atoms with Gasteiger partial charge in [-0.15, -0.1) is 0 Å². The van der Waals surface area contributed by atoms with E-state index >= 15 is 0 Å². The van der Waals surface area contributed by atoms with Crippen molar-refractivity contribution in [1.29, 1.82) is 0 Å². The predicted octanol–water partition coefficient (Wildman–Crippen LogP) is 2.40. The van der Waals surface area contributed by atoms with Gasteiger partial charge in [0.05, 0.1) is 25.0 Å². The Kier molecular flexibility index (Phi) is 11.8. The predicted molar refractivity (Wildman–Crippen MR) is 131 cm³/mol. The molecule has 2 aromatic carbocycles. The van der Waals surface area contributed by atoms with Gasteiger partial charge in [0.2, 0.25) is 5.88 Å². The van der Waals surface area contributed by atoms with E-state index in [2.05, 4.69) is 10.3 Å². The van der Waals surface area contributed by atoms with Crippen LogP contribution in [0.25, 0.3) is 0 Å². The minimum atomic E-state index is -1.82. The Morgan fingerprint density at radius 3 is 2.22 bits per heavy atom. The van der Waals surface area contributed by atoms with Crippen molar-refractivity contribution in [2.75, 3.05) is 13.2 Å². The van der Waals surface area contributed by atoms with E-state index in [0.29, 0.717) is 35.3 Å². The topological polar surface area (TPSA) is 169 Å². The Morgan fingerprint density at radius 2 is 1.64 bits per heavy atom.